The van der Waals surface area contributed by atoms with E-state index in [1.807, 2.05) is 0 Å². The van der Waals surface area contributed by atoms with Crippen molar-refractivity contribution in [3.63, 3.8) is 0 Å². The number of aryl methyl sites for hydroxylation is 1. The summed E-state index contributed by atoms with van der Waals surface area (Å²) in [6.07, 6.45) is 3.06. The summed E-state index contributed by atoms with van der Waals surface area (Å²) in [7, 11) is -3.09. The fraction of sp³-hybridized carbons (Fsp3) is 0.368. The third kappa shape index (κ3) is 3.94. The van der Waals surface area contributed by atoms with Gasteiger partial charge in [-0.15, -0.1) is 11.3 Å². The number of sulfone groups is 1. The summed E-state index contributed by atoms with van der Waals surface area (Å²) >= 11 is 7.38. The van der Waals surface area contributed by atoms with Gasteiger partial charge in [0.1, 0.15) is 5.00 Å². The first-order valence-corrected chi connectivity index (χ1v) is 12.1. The molecule has 1 aliphatic heterocycles. The van der Waals surface area contributed by atoms with Crippen LogP contribution >= 0.6 is 22.9 Å². The molecule has 0 spiro atoms. The molecule has 2 amide bonds. The minimum Gasteiger partial charge on any atom is -0.348 e. The summed E-state index contributed by atoms with van der Waals surface area (Å²) in [5, 5.41) is 6.66. The molecule has 2 aliphatic rings. The number of hydrogen-bond donors (Lipinski definition) is 2. The third-order valence-corrected chi connectivity index (χ3v) is 8.24. The van der Waals surface area contributed by atoms with Crippen LogP contribution in [-0.4, -0.2) is 37.8 Å². The molecule has 0 radical (unpaired) electrons. The molecule has 2 heterocycles. The van der Waals surface area contributed by atoms with Gasteiger partial charge >= 0.3 is 0 Å². The first-order chi connectivity index (χ1) is 13.3. The fourth-order valence-electron chi connectivity index (χ4n) is 3.70. The number of fused-ring (bicyclic) bond motifs is 1. The van der Waals surface area contributed by atoms with Crippen molar-refractivity contribution in [2.45, 2.75) is 31.7 Å². The molecular weight excluding hydrogens is 420 g/mol. The number of rotatable bonds is 4. The van der Waals surface area contributed by atoms with E-state index in [1.54, 1.807) is 24.3 Å². The number of carbonyl (C=O) groups excluding carboxylic acids is 2. The van der Waals surface area contributed by atoms with E-state index in [4.69, 9.17) is 11.6 Å². The van der Waals surface area contributed by atoms with Gasteiger partial charge in [-0.25, -0.2) is 8.42 Å². The zero-order valence-electron chi connectivity index (χ0n) is 15.0. The average Bonchev–Trinajstić information content (AvgIpc) is 3.29. The maximum Gasteiger partial charge on any atom is 0.256 e. The molecule has 4 rings (SSSR count). The van der Waals surface area contributed by atoms with Crippen LogP contribution in [-0.2, 0) is 22.7 Å². The minimum atomic E-state index is -3.09. The highest BCUT2D eigenvalue weighted by atomic mass is 35.5. The SMILES string of the molecule is O=C(Nc1sc2c(c1C(=O)NC1CCS(=O)(=O)C1)CCC2)c1cccc(Cl)c1. The summed E-state index contributed by atoms with van der Waals surface area (Å²) in [5.41, 5.74) is 1.84. The van der Waals surface area contributed by atoms with Crippen molar-refractivity contribution in [3.8, 4) is 0 Å². The van der Waals surface area contributed by atoms with Crippen molar-refractivity contribution >= 4 is 49.6 Å². The van der Waals surface area contributed by atoms with Gasteiger partial charge in [0, 0.05) is 21.5 Å². The first kappa shape index (κ1) is 19.4. The van der Waals surface area contributed by atoms with Gasteiger partial charge in [-0.2, -0.15) is 0 Å². The average molecular weight is 439 g/mol. The Hall–Kier alpha value is -1.90. The summed E-state index contributed by atoms with van der Waals surface area (Å²) in [6, 6.07) is 6.23. The van der Waals surface area contributed by atoms with E-state index in [1.165, 1.54) is 11.3 Å². The maximum absolute atomic E-state index is 13.0. The Morgan fingerprint density at radius 2 is 2.00 bits per heavy atom. The van der Waals surface area contributed by atoms with Crippen molar-refractivity contribution in [1.82, 2.24) is 5.32 Å². The molecule has 28 heavy (non-hydrogen) atoms. The van der Waals surface area contributed by atoms with Gasteiger partial charge in [-0.1, -0.05) is 17.7 Å². The van der Waals surface area contributed by atoms with Crippen LogP contribution < -0.4 is 10.6 Å². The van der Waals surface area contributed by atoms with Gasteiger partial charge in [-0.3, -0.25) is 9.59 Å². The predicted molar refractivity (Wildman–Crippen MR) is 110 cm³/mol. The Kier molecular flexibility index (Phi) is 5.20. The molecule has 9 heteroatoms. The van der Waals surface area contributed by atoms with Gasteiger partial charge in [0.2, 0.25) is 0 Å². The zero-order chi connectivity index (χ0) is 19.9. The number of anilines is 1. The predicted octanol–water partition coefficient (Wildman–Crippen LogP) is 3.06. The van der Waals surface area contributed by atoms with Crippen molar-refractivity contribution in [1.29, 1.82) is 0 Å². The van der Waals surface area contributed by atoms with Crippen LogP contribution in [0.4, 0.5) is 5.00 Å². The molecule has 1 fully saturated rings. The van der Waals surface area contributed by atoms with Crippen LogP contribution in [0.1, 0.15) is 44.0 Å². The highest BCUT2D eigenvalue weighted by molar-refractivity contribution is 7.91. The lowest BCUT2D eigenvalue weighted by Gasteiger charge is -2.13. The number of halogens is 1. The number of carbonyl (C=O) groups is 2. The Morgan fingerprint density at radius 1 is 1.18 bits per heavy atom. The zero-order valence-corrected chi connectivity index (χ0v) is 17.3. The van der Waals surface area contributed by atoms with Crippen LogP contribution in [0.2, 0.25) is 5.02 Å². The topological polar surface area (TPSA) is 92.3 Å². The quantitative estimate of drug-likeness (QED) is 0.767. The summed E-state index contributed by atoms with van der Waals surface area (Å²) in [5.74, 6) is -0.587. The first-order valence-electron chi connectivity index (χ1n) is 9.05. The molecule has 0 saturated carbocycles. The molecule has 2 aromatic rings. The summed E-state index contributed by atoms with van der Waals surface area (Å²) < 4.78 is 23.4. The van der Waals surface area contributed by atoms with Crippen LogP contribution in [0, 0.1) is 0 Å². The van der Waals surface area contributed by atoms with Crippen molar-refractivity contribution in [2.24, 2.45) is 0 Å². The van der Waals surface area contributed by atoms with E-state index in [-0.39, 0.29) is 29.4 Å². The molecule has 1 saturated heterocycles. The van der Waals surface area contributed by atoms with Gasteiger partial charge in [0.15, 0.2) is 9.84 Å². The van der Waals surface area contributed by atoms with E-state index >= 15 is 0 Å². The second kappa shape index (κ2) is 7.50. The second-order valence-corrected chi connectivity index (χ2v) is 10.9. The van der Waals surface area contributed by atoms with Gasteiger partial charge < -0.3 is 10.6 Å². The van der Waals surface area contributed by atoms with Crippen LogP contribution in [0.5, 0.6) is 0 Å². The lowest BCUT2D eigenvalue weighted by atomic mass is 10.1. The molecule has 0 bridgehead atoms. The number of nitrogens with one attached hydrogen (secondary N) is 2. The second-order valence-electron chi connectivity index (χ2n) is 7.10. The molecule has 2 N–H and O–H groups in total. The van der Waals surface area contributed by atoms with Crippen molar-refractivity contribution in [3.05, 3.63) is 50.9 Å². The molecular formula is C19H19ClN2O4S2. The normalized spacial score (nSPS) is 20.0. The molecule has 6 nitrogen and oxygen atoms in total. The lowest BCUT2D eigenvalue weighted by Crippen LogP contribution is -2.36. The highest BCUT2D eigenvalue weighted by Gasteiger charge is 2.32. The van der Waals surface area contributed by atoms with E-state index in [2.05, 4.69) is 10.6 Å². The lowest BCUT2D eigenvalue weighted by molar-refractivity contribution is 0.0941. The minimum absolute atomic E-state index is 0.0325. The number of amides is 2. The summed E-state index contributed by atoms with van der Waals surface area (Å²) in [6.45, 7) is 0. The van der Waals surface area contributed by atoms with Gasteiger partial charge in [-0.05, 0) is 49.4 Å². The monoisotopic (exact) mass is 438 g/mol. The molecule has 1 aromatic carbocycles. The molecule has 1 atom stereocenters. The van der Waals surface area contributed by atoms with E-state index in [9.17, 15) is 18.0 Å². The fourth-order valence-corrected chi connectivity index (χ4v) is 6.85. The standard InChI is InChI=1S/C19H19ClN2O4S2/c20-12-4-1-3-11(9-12)17(23)22-19-16(14-5-2-6-15(14)27-19)18(24)21-13-7-8-28(25,26)10-13/h1,3-4,9,13H,2,5-8,10H2,(H,21,24)(H,22,23). The number of benzene rings is 1. The van der Waals surface area contributed by atoms with Gasteiger partial charge in [0.05, 0.1) is 17.1 Å². The van der Waals surface area contributed by atoms with E-state index < -0.39 is 9.84 Å². The number of hydrogen-bond acceptors (Lipinski definition) is 5. The van der Waals surface area contributed by atoms with Crippen LogP contribution in [0.25, 0.3) is 0 Å². The summed E-state index contributed by atoms with van der Waals surface area (Å²) in [4.78, 5) is 26.7. The Morgan fingerprint density at radius 3 is 2.71 bits per heavy atom. The van der Waals surface area contributed by atoms with Crippen molar-refractivity contribution in [2.75, 3.05) is 16.8 Å². The van der Waals surface area contributed by atoms with Gasteiger partial charge in [0.25, 0.3) is 11.8 Å². The van der Waals surface area contributed by atoms with E-state index in [0.717, 1.165) is 29.7 Å². The van der Waals surface area contributed by atoms with Crippen molar-refractivity contribution < 1.29 is 18.0 Å². The third-order valence-electron chi connectivity index (χ3n) is 5.03. The van der Waals surface area contributed by atoms with E-state index in [0.29, 0.717) is 27.6 Å². The van der Waals surface area contributed by atoms with Crippen LogP contribution in [0.15, 0.2) is 24.3 Å². The van der Waals surface area contributed by atoms with Crippen LogP contribution in [0.3, 0.4) is 0 Å². The Bertz CT molecular complexity index is 1060. The highest BCUT2D eigenvalue weighted by Crippen LogP contribution is 2.39. The number of thiophene rings is 1. The Labute approximate surface area is 172 Å². The molecule has 148 valence electrons. The largest absolute Gasteiger partial charge is 0.348 e. The molecule has 1 aromatic heterocycles. The Balaban J connectivity index is 1.58. The molecule has 1 unspecified atom stereocenters. The molecule has 1 aliphatic carbocycles. The smallest absolute Gasteiger partial charge is 0.256 e. The maximum atomic E-state index is 13.0.